The van der Waals surface area contributed by atoms with Crippen molar-refractivity contribution in [2.75, 3.05) is 20.1 Å². The molecule has 1 aliphatic heterocycles. The van der Waals surface area contributed by atoms with Crippen molar-refractivity contribution < 1.29 is 4.79 Å². The summed E-state index contributed by atoms with van der Waals surface area (Å²) in [6.45, 7) is 4.01. The zero-order valence-corrected chi connectivity index (χ0v) is 12.5. The van der Waals surface area contributed by atoms with Crippen LogP contribution in [0, 0.1) is 5.92 Å². The number of piperidine rings is 1. The Bertz CT molecular complexity index is 271. The number of likely N-dealkylation sites (N-methyl/N-ethyl adjacent to an activating group) is 1. The molecular weight excluding hydrogens is 248 g/mol. The molecule has 2 aliphatic rings. The van der Waals surface area contributed by atoms with Gasteiger partial charge in [0.25, 0.3) is 0 Å². The minimum absolute atomic E-state index is 0. The van der Waals surface area contributed by atoms with Gasteiger partial charge < -0.3 is 10.2 Å². The second kappa shape index (κ2) is 6.76. The lowest BCUT2D eigenvalue weighted by Crippen LogP contribution is -2.57. The number of carbonyl (C=O) groups excluding carboxylic acids is 1. The predicted molar refractivity (Wildman–Crippen MR) is 77.1 cm³/mol. The summed E-state index contributed by atoms with van der Waals surface area (Å²) >= 11 is 0. The monoisotopic (exact) mass is 274 g/mol. The lowest BCUT2D eigenvalue weighted by atomic mass is 9.89. The van der Waals surface area contributed by atoms with E-state index in [1.165, 1.54) is 38.5 Å². The summed E-state index contributed by atoms with van der Waals surface area (Å²) in [5, 5.41) is 3.41. The number of carbonyl (C=O) groups is 1. The van der Waals surface area contributed by atoms with Crippen molar-refractivity contribution in [1.29, 1.82) is 0 Å². The Balaban J connectivity index is 0.00000162. The highest BCUT2D eigenvalue weighted by Gasteiger charge is 2.36. The van der Waals surface area contributed by atoms with Crippen LogP contribution in [0.3, 0.4) is 0 Å². The minimum atomic E-state index is -0.300. The molecule has 0 bridgehead atoms. The van der Waals surface area contributed by atoms with Gasteiger partial charge >= 0.3 is 0 Å². The van der Waals surface area contributed by atoms with E-state index in [2.05, 4.69) is 12.2 Å². The van der Waals surface area contributed by atoms with Gasteiger partial charge in [-0.1, -0.05) is 12.8 Å². The van der Waals surface area contributed by atoms with Crippen molar-refractivity contribution in [3.8, 4) is 0 Å². The van der Waals surface area contributed by atoms with Crippen LogP contribution in [0.4, 0.5) is 0 Å². The topological polar surface area (TPSA) is 32.3 Å². The molecule has 1 aliphatic carbocycles. The Kier molecular flexibility index (Phi) is 5.93. The quantitative estimate of drug-likeness (QED) is 0.858. The fraction of sp³-hybridized carbons (Fsp3) is 0.929. The van der Waals surface area contributed by atoms with Crippen LogP contribution in [-0.2, 0) is 4.79 Å². The summed E-state index contributed by atoms with van der Waals surface area (Å²) in [6, 6.07) is 0. The minimum Gasteiger partial charge on any atom is -0.344 e. The van der Waals surface area contributed by atoms with Crippen molar-refractivity contribution in [2.24, 2.45) is 5.92 Å². The number of hydrogen-bond donors (Lipinski definition) is 1. The Labute approximate surface area is 117 Å². The van der Waals surface area contributed by atoms with E-state index in [0.717, 1.165) is 25.4 Å². The molecule has 0 aromatic heterocycles. The molecule has 1 unspecified atom stereocenters. The first-order valence-electron chi connectivity index (χ1n) is 7.12. The molecule has 1 saturated heterocycles. The van der Waals surface area contributed by atoms with E-state index in [1.807, 2.05) is 11.9 Å². The van der Waals surface area contributed by atoms with Crippen LogP contribution in [0.2, 0.25) is 0 Å². The standard InChI is InChI=1S/C14H26N2O.ClH/c1-14(9-5-6-10-15-14)13(17)16(2)11-12-7-3-4-8-12;/h12,15H,3-11H2,1-2H3;1H. The second-order valence-corrected chi connectivity index (χ2v) is 6.05. The Morgan fingerprint density at radius 3 is 2.50 bits per heavy atom. The molecule has 0 spiro atoms. The van der Waals surface area contributed by atoms with Gasteiger partial charge in [-0.2, -0.15) is 0 Å². The fourth-order valence-electron chi connectivity index (χ4n) is 3.32. The van der Waals surface area contributed by atoms with Crippen molar-refractivity contribution in [3.63, 3.8) is 0 Å². The SMILES string of the molecule is CN(CC1CCCC1)C(=O)C1(C)CCCCN1.Cl. The first-order chi connectivity index (χ1) is 8.12. The van der Waals surface area contributed by atoms with Crippen LogP contribution in [0.5, 0.6) is 0 Å². The van der Waals surface area contributed by atoms with Gasteiger partial charge in [0.2, 0.25) is 5.91 Å². The van der Waals surface area contributed by atoms with Gasteiger partial charge in [-0.25, -0.2) is 0 Å². The predicted octanol–water partition coefficient (Wildman–Crippen LogP) is 2.59. The van der Waals surface area contributed by atoms with Gasteiger partial charge in [0.15, 0.2) is 0 Å². The summed E-state index contributed by atoms with van der Waals surface area (Å²) in [5.41, 5.74) is -0.300. The van der Waals surface area contributed by atoms with E-state index < -0.39 is 0 Å². The molecule has 1 amide bonds. The molecule has 0 aromatic carbocycles. The smallest absolute Gasteiger partial charge is 0.242 e. The van der Waals surface area contributed by atoms with Gasteiger partial charge in [-0.15, -0.1) is 12.4 Å². The summed E-state index contributed by atoms with van der Waals surface area (Å²) < 4.78 is 0. The molecule has 18 heavy (non-hydrogen) atoms. The van der Waals surface area contributed by atoms with Crippen molar-refractivity contribution in [3.05, 3.63) is 0 Å². The molecule has 106 valence electrons. The van der Waals surface area contributed by atoms with Gasteiger partial charge in [-0.05, 0) is 51.5 Å². The highest BCUT2D eigenvalue weighted by molar-refractivity contribution is 5.86. The molecule has 3 nitrogen and oxygen atoms in total. The molecule has 1 heterocycles. The molecule has 4 heteroatoms. The molecule has 2 fully saturated rings. The third kappa shape index (κ3) is 3.61. The second-order valence-electron chi connectivity index (χ2n) is 6.05. The van der Waals surface area contributed by atoms with Crippen LogP contribution in [0.25, 0.3) is 0 Å². The molecule has 0 radical (unpaired) electrons. The first-order valence-corrected chi connectivity index (χ1v) is 7.12. The molecule has 0 aromatic rings. The summed E-state index contributed by atoms with van der Waals surface area (Å²) in [7, 11) is 1.97. The fourth-order valence-corrected chi connectivity index (χ4v) is 3.32. The van der Waals surface area contributed by atoms with Crippen LogP contribution in [0.15, 0.2) is 0 Å². The summed E-state index contributed by atoms with van der Waals surface area (Å²) in [6.07, 6.45) is 8.68. The van der Waals surface area contributed by atoms with Gasteiger partial charge in [0, 0.05) is 13.6 Å². The van der Waals surface area contributed by atoms with Crippen LogP contribution in [-0.4, -0.2) is 36.5 Å². The lowest BCUT2D eigenvalue weighted by molar-refractivity contribution is -0.137. The third-order valence-electron chi connectivity index (χ3n) is 4.44. The number of nitrogens with one attached hydrogen (secondary N) is 1. The van der Waals surface area contributed by atoms with Crippen LogP contribution < -0.4 is 5.32 Å². The van der Waals surface area contributed by atoms with Gasteiger partial charge in [0.1, 0.15) is 0 Å². The van der Waals surface area contributed by atoms with Crippen molar-refractivity contribution >= 4 is 18.3 Å². The summed E-state index contributed by atoms with van der Waals surface area (Å²) in [4.78, 5) is 14.4. The van der Waals surface area contributed by atoms with Gasteiger partial charge in [0.05, 0.1) is 5.54 Å². The zero-order valence-electron chi connectivity index (χ0n) is 11.7. The van der Waals surface area contributed by atoms with E-state index in [-0.39, 0.29) is 17.9 Å². The van der Waals surface area contributed by atoms with Crippen molar-refractivity contribution in [1.82, 2.24) is 10.2 Å². The Morgan fingerprint density at radius 2 is 1.94 bits per heavy atom. The van der Waals surface area contributed by atoms with Crippen LogP contribution in [0.1, 0.15) is 51.9 Å². The number of nitrogens with zero attached hydrogens (tertiary/aromatic N) is 1. The average molecular weight is 275 g/mol. The van der Waals surface area contributed by atoms with E-state index in [4.69, 9.17) is 0 Å². The largest absolute Gasteiger partial charge is 0.344 e. The normalized spacial score (nSPS) is 28.8. The van der Waals surface area contributed by atoms with Crippen LogP contribution >= 0.6 is 12.4 Å². The molecule has 2 rings (SSSR count). The molecule has 1 atom stereocenters. The molecule has 1 N–H and O–H groups in total. The maximum Gasteiger partial charge on any atom is 0.242 e. The maximum atomic E-state index is 12.5. The Hall–Kier alpha value is -0.280. The van der Waals surface area contributed by atoms with E-state index in [1.54, 1.807) is 0 Å². The lowest BCUT2D eigenvalue weighted by Gasteiger charge is -2.37. The number of hydrogen-bond acceptors (Lipinski definition) is 2. The average Bonchev–Trinajstić information content (AvgIpc) is 2.81. The van der Waals surface area contributed by atoms with E-state index in [9.17, 15) is 4.79 Å². The third-order valence-corrected chi connectivity index (χ3v) is 4.44. The molecular formula is C14H27ClN2O. The Morgan fingerprint density at radius 1 is 1.28 bits per heavy atom. The molecule has 1 saturated carbocycles. The number of rotatable bonds is 3. The van der Waals surface area contributed by atoms with E-state index >= 15 is 0 Å². The van der Waals surface area contributed by atoms with E-state index in [0.29, 0.717) is 5.91 Å². The maximum absolute atomic E-state index is 12.5. The van der Waals surface area contributed by atoms with Crippen molar-refractivity contribution in [2.45, 2.75) is 57.4 Å². The van der Waals surface area contributed by atoms with Gasteiger partial charge in [-0.3, -0.25) is 4.79 Å². The highest BCUT2D eigenvalue weighted by atomic mass is 35.5. The summed E-state index contributed by atoms with van der Waals surface area (Å²) in [5.74, 6) is 1.04. The zero-order chi connectivity index (χ0) is 12.3. The number of amides is 1. The first kappa shape index (κ1) is 15.8. The highest BCUT2D eigenvalue weighted by Crippen LogP contribution is 2.27. The number of halogens is 1.